The summed E-state index contributed by atoms with van der Waals surface area (Å²) in [4.78, 5) is 18.8. The van der Waals surface area contributed by atoms with E-state index in [1.54, 1.807) is 6.07 Å². The molecule has 2 N–H and O–H groups in total. The number of rotatable bonds is 6. The third-order valence-electron chi connectivity index (χ3n) is 8.04. The Morgan fingerprint density at radius 3 is 2.60 bits per heavy atom. The Morgan fingerprint density at radius 2 is 1.85 bits per heavy atom. The third-order valence-corrected chi connectivity index (χ3v) is 8.04. The quantitative estimate of drug-likeness (QED) is 0.317. The van der Waals surface area contributed by atoms with Crippen molar-refractivity contribution < 1.29 is 13.5 Å². The van der Waals surface area contributed by atoms with Crippen LogP contribution >= 0.6 is 0 Å². The van der Waals surface area contributed by atoms with Crippen molar-refractivity contribution >= 4 is 33.9 Å². The van der Waals surface area contributed by atoms with Crippen molar-refractivity contribution in [2.24, 2.45) is 0 Å². The zero-order valence-electron chi connectivity index (χ0n) is 23.3. The first-order valence-corrected chi connectivity index (χ1v) is 13.8. The normalized spacial score (nSPS) is 16.1. The average Bonchev–Trinajstić information content (AvgIpc) is 3.44. The van der Waals surface area contributed by atoms with Crippen molar-refractivity contribution in [3.63, 3.8) is 0 Å². The minimum atomic E-state index is -0.626. The summed E-state index contributed by atoms with van der Waals surface area (Å²) in [5.41, 5.74) is 3.84. The SMILES string of the molecule is CC(C)N1CCOc2c(F)cc(-c3nc(Nc4ccc(N5CCC(N(C)C)CC5)c5cc[nH]c45)ncc3F)cc21. The van der Waals surface area contributed by atoms with Gasteiger partial charge in [0.15, 0.2) is 17.4 Å². The van der Waals surface area contributed by atoms with Gasteiger partial charge < -0.3 is 29.7 Å². The minimum absolute atomic E-state index is 0.0246. The van der Waals surface area contributed by atoms with Crippen LogP contribution in [0.5, 0.6) is 5.75 Å². The lowest BCUT2D eigenvalue weighted by atomic mass is 10.0. The van der Waals surface area contributed by atoms with Crippen LogP contribution in [-0.4, -0.2) is 72.3 Å². The van der Waals surface area contributed by atoms with Crippen LogP contribution in [0.25, 0.3) is 22.2 Å². The second-order valence-electron chi connectivity index (χ2n) is 11.0. The van der Waals surface area contributed by atoms with Crippen molar-refractivity contribution in [2.45, 2.75) is 38.8 Å². The Morgan fingerprint density at radius 1 is 1.05 bits per heavy atom. The number of H-pyrrole nitrogens is 1. The molecule has 8 nitrogen and oxygen atoms in total. The van der Waals surface area contributed by atoms with Crippen LogP contribution in [0.15, 0.2) is 42.7 Å². The third kappa shape index (κ3) is 4.81. The molecule has 0 aliphatic carbocycles. The van der Waals surface area contributed by atoms with Crippen LogP contribution < -0.4 is 19.9 Å². The van der Waals surface area contributed by atoms with Gasteiger partial charge in [-0.2, -0.15) is 0 Å². The maximum absolute atomic E-state index is 15.1. The van der Waals surface area contributed by atoms with Crippen LogP contribution in [-0.2, 0) is 0 Å². The van der Waals surface area contributed by atoms with Gasteiger partial charge in [-0.1, -0.05) is 0 Å². The summed E-state index contributed by atoms with van der Waals surface area (Å²) < 4.78 is 35.7. The average molecular weight is 548 g/mol. The minimum Gasteiger partial charge on any atom is -0.486 e. The molecule has 210 valence electrons. The number of hydrogen-bond donors (Lipinski definition) is 2. The standard InChI is InChI=1S/C30H35F2N7O/c1-18(2)39-13-14-40-29-22(31)15-19(16-26(29)39)27-23(32)17-34-30(36-27)35-24-5-6-25(21-7-10-33-28(21)24)38-11-8-20(9-12-38)37(3)4/h5-7,10,15-18,20,33H,8-9,11-14H2,1-4H3,(H,34,35,36). The van der Waals surface area contributed by atoms with E-state index in [1.165, 1.54) is 11.8 Å². The Bertz CT molecular complexity index is 1530. The van der Waals surface area contributed by atoms with Gasteiger partial charge in [0.05, 0.1) is 29.6 Å². The number of fused-ring (bicyclic) bond motifs is 2. The van der Waals surface area contributed by atoms with Crippen LogP contribution in [0, 0.1) is 11.6 Å². The molecule has 0 saturated carbocycles. The van der Waals surface area contributed by atoms with Gasteiger partial charge >= 0.3 is 0 Å². The lowest BCUT2D eigenvalue weighted by Gasteiger charge is -2.36. The predicted molar refractivity (Wildman–Crippen MR) is 156 cm³/mol. The highest BCUT2D eigenvalue weighted by atomic mass is 19.1. The van der Waals surface area contributed by atoms with Gasteiger partial charge in [0.25, 0.3) is 0 Å². The number of piperidine rings is 1. The van der Waals surface area contributed by atoms with E-state index in [9.17, 15) is 0 Å². The van der Waals surface area contributed by atoms with E-state index >= 15 is 8.78 Å². The van der Waals surface area contributed by atoms with Gasteiger partial charge in [0.1, 0.15) is 12.3 Å². The summed E-state index contributed by atoms with van der Waals surface area (Å²) >= 11 is 0. The largest absolute Gasteiger partial charge is 0.486 e. The molecule has 0 radical (unpaired) electrons. The molecule has 1 fully saturated rings. The summed E-state index contributed by atoms with van der Waals surface area (Å²) in [7, 11) is 4.29. The first-order valence-electron chi connectivity index (χ1n) is 13.8. The van der Waals surface area contributed by atoms with E-state index < -0.39 is 11.6 Å². The van der Waals surface area contributed by atoms with E-state index in [0.717, 1.165) is 48.7 Å². The molecule has 4 heterocycles. The van der Waals surface area contributed by atoms with Crippen molar-refractivity contribution in [1.29, 1.82) is 0 Å². The van der Waals surface area contributed by atoms with Gasteiger partial charge in [-0.05, 0) is 71.1 Å². The van der Waals surface area contributed by atoms with Gasteiger partial charge in [0.2, 0.25) is 5.95 Å². The molecule has 2 aromatic carbocycles. The second kappa shape index (κ2) is 10.6. The monoisotopic (exact) mass is 547 g/mol. The van der Waals surface area contributed by atoms with Gasteiger partial charge in [0, 0.05) is 48.0 Å². The van der Waals surface area contributed by atoms with Crippen LogP contribution in [0.4, 0.5) is 31.8 Å². The number of aromatic nitrogens is 3. The van der Waals surface area contributed by atoms with Crippen LogP contribution in [0.2, 0.25) is 0 Å². The molecule has 2 aliphatic rings. The van der Waals surface area contributed by atoms with Gasteiger partial charge in [-0.3, -0.25) is 0 Å². The number of aromatic amines is 1. The van der Waals surface area contributed by atoms with Gasteiger partial charge in [-0.15, -0.1) is 0 Å². The fourth-order valence-corrected chi connectivity index (χ4v) is 5.87. The fourth-order valence-electron chi connectivity index (χ4n) is 5.87. The van der Waals surface area contributed by atoms with E-state index in [4.69, 9.17) is 4.74 Å². The van der Waals surface area contributed by atoms with Crippen molar-refractivity contribution in [1.82, 2.24) is 19.9 Å². The summed E-state index contributed by atoms with van der Waals surface area (Å²) in [6.45, 7) is 7.09. The van der Waals surface area contributed by atoms with Crippen LogP contribution in [0.3, 0.4) is 0 Å². The number of nitrogens with zero attached hydrogens (tertiary/aromatic N) is 5. The highest BCUT2D eigenvalue weighted by Crippen LogP contribution is 2.40. The maximum Gasteiger partial charge on any atom is 0.227 e. The molecule has 40 heavy (non-hydrogen) atoms. The lowest BCUT2D eigenvalue weighted by molar-refractivity contribution is 0.250. The smallest absolute Gasteiger partial charge is 0.227 e. The molecular weight excluding hydrogens is 512 g/mol. The van der Waals surface area contributed by atoms with E-state index in [2.05, 4.69) is 61.2 Å². The second-order valence-corrected chi connectivity index (χ2v) is 11.0. The lowest BCUT2D eigenvalue weighted by Crippen LogP contribution is -2.42. The molecule has 0 spiro atoms. The van der Waals surface area contributed by atoms with Crippen molar-refractivity contribution in [2.75, 3.05) is 55.5 Å². The molecule has 0 bridgehead atoms. The number of benzene rings is 2. The van der Waals surface area contributed by atoms with Crippen molar-refractivity contribution in [3.8, 4) is 17.0 Å². The number of halogens is 2. The molecule has 6 rings (SSSR count). The molecular formula is C30H35F2N7O. The summed E-state index contributed by atoms with van der Waals surface area (Å²) in [5.74, 6) is -0.749. The molecule has 0 unspecified atom stereocenters. The molecule has 10 heteroatoms. The van der Waals surface area contributed by atoms with E-state index in [0.29, 0.717) is 30.4 Å². The Kier molecular flexibility index (Phi) is 6.95. The van der Waals surface area contributed by atoms with Crippen molar-refractivity contribution in [3.05, 3.63) is 54.4 Å². The molecule has 2 aromatic heterocycles. The number of nitrogens with one attached hydrogen (secondary N) is 2. The van der Waals surface area contributed by atoms with Gasteiger partial charge in [-0.25, -0.2) is 18.7 Å². The number of ether oxygens (including phenoxy) is 1. The zero-order valence-corrected chi connectivity index (χ0v) is 23.3. The van der Waals surface area contributed by atoms with Crippen LogP contribution in [0.1, 0.15) is 26.7 Å². The highest BCUT2D eigenvalue weighted by molar-refractivity contribution is 6.01. The van der Waals surface area contributed by atoms with E-state index in [-0.39, 0.29) is 23.4 Å². The molecule has 1 saturated heterocycles. The first-order chi connectivity index (χ1) is 19.3. The molecule has 0 atom stereocenters. The summed E-state index contributed by atoms with van der Waals surface area (Å²) in [6, 6.07) is 9.93. The zero-order chi connectivity index (χ0) is 28.0. The van der Waals surface area contributed by atoms with E-state index in [1.807, 2.05) is 26.1 Å². The Hall–Kier alpha value is -3.92. The maximum atomic E-state index is 15.1. The topological polar surface area (TPSA) is 72.6 Å². The number of anilines is 4. The fraction of sp³-hybridized carbons (Fsp3) is 0.400. The molecule has 4 aromatic rings. The highest BCUT2D eigenvalue weighted by Gasteiger charge is 2.26. The summed E-state index contributed by atoms with van der Waals surface area (Å²) in [6.07, 6.45) is 5.28. The summed E-state index contributed by atoms with van der Waals surface area (Å²) in [5, 5.41) is 4.35. The first kappa shape index (κ1) is 26.3. The molecule has 2 aliphatic heterocycles. The predicted octanol–water partition coefficient (Wildman–Crippen LogP) is 5.78. The Balaban J connectivity index is 1.30. The number of hydrogen-bond acceptors (Lipinski definition) is 7. The molecule has 0 amide bonds. The Labute approximate surface area is 233 Å².